The van der Waals surface area contributed by atoms with E-state index in [1.54, 1.807) is 44.6 Å². The molecule has 6 rings (SSSR count). The standard InChI is InChI=1S/C30H26N2O6/c1-35-23-17-25(37-3)24(36-2)16-21(23)27-26-28(38-32(27)19-12-5-4-6-13-19)30(34)31(29(26)33)22-15-9-11-18-10-7-8-14-20(18)22/h4-17,26-28H,1-3H3/t26-,27-,28-/m1/s1. The number of hydrogen-bond donors (Lipinski definition) is 0. The van der Waals surface area contributed by atoms with Gasteiger partial charge in [-0.05, 0) is 29.7 Å². The molecule has 8 nitrogen and oxygen atoms in total. The minimum atomic E-state index is -1.01. The van der Waals surface area contributed by atoms with Crippen LogP contribution in [0.2, 0.25) is 0 Å². The number of para-hydroxylation sites is 1. The van der Waals surface area contributed by atoms with Crippen molar-refractivity contribution in [3.8, 4) is 17.2 Å². The lowest BCUT2D eigenvalue weighted by Crippen LogP contribution is -2.37. The van der Waals surface area contributed by atoms with Gasteiger partial charge in [-0.25, -0.2) is 9.96 Å². The summed E-state index contributed by atoms with van der Waals surface area (Å²) in [6, 6.07) is 25.5. The molecule has 0 aliphatic carbocycles. The zero-order valence-electron chi connectivity index (χ0n) is 21.2. The normalized spacial score (nSPS) is 20.7. The molecule has 0 N–H and O–H groups in total. The van der Waals surface area contributed by atoms with E-state index < -0.39 is 24.0 Å². The molecule has 3 atom stereocenters. The molecule has 192 valence electrons. The monoisotopic (exact) mass is 510 g/mol. The number of carbonyl (C=O) groups is 2. The van der Waals surface area contributed by atoms with Crippen molar-refractivity contribution in [3.63, 3.8) is 0 Å². The number of methoxy groups -OCH3 is 3. The van der Waals surface area contributed by atoms with Gasteiger partial charge in [-0.2, -0.15) is 0 Å². The summed E-state index contributed by atoms with van der Waals surface area (Å²) in [4.78, 5) is 35.6. The Morgan fingerprint density at radius 1 is 0.711 bits per heavy atom. The molecule has 2 amide bonds. The number of hydroxylamine groups is 1. The summed E-state index contributed by atoms with van der Waals surface area (Å²) in [6.07, 6.45) is -1.01. The highest BCUT2D eigenvalue weighted by atomic mass is 16.7. The molecule has 0 aromatic heterocycles. The second-order valence-electron chi connectivity index (χ2n) is 9.12. The molecule has 0 unspecified atom stereocenters. The molecule has 2 aliphatic heterocycles. The van der Waals surface area contributed by atoms with Crippen LogP contribution in [-0.2, 0) is 14.4 Å². The Morgan fingerprint density at radius 3 is 2.11 bits per heavy atom. The Hall–Kier alpha value is -4.56. The predicted octanol–water partition coefficient (Wildman–Crippen LogP) is 4.92. The van der Waals surface area contributed by atoms with Crippen LogP contribution in [0.25, 0.3) is 10.8 Å². The van der Waals surface area contributed by atoms with Crippen LogP contribution in [0.5, 0.6) is 17.2 Å². The van der Waals surface area contributed by atoms with Crippen molar-refractivity contribution in [1.82, 2.24) is 0 Å². The van der Waals surface area contributed by atoms with Gasteiger partial charge in [0.25, 0.3) is 5.91 Å². The number of carbonyl (C=O) groups excluding carboxylic acids is 2. The van der Waals surface area contributed by atoms with Crippen LogP contribution < -0.4 is 24.2 Å². The minimum Gasteiger partial charge on any atom is -0.496 e. The van der Waals surface area contributed by atoms with Crippen LogP contribution in [0.3, 0.4) is 0 Å². The van der Waals surface area contributed by atoms with Gasteiger partial charge >= 0.3 is 0 Å². The average Bonchev–Trinajstić information content (AvgIpc) is 3.47. The van der Waals surface area contributed by atoms with Gasteiger partial charge in [0.2, 0.25) is 5.91 Å². The number of fused-ring (bicyclic) bond motifs is 2. The predicted molar refractivity (Wildman–Crippen MR) is 143 cm³/mol. The van der Waals surface area contributed by atoms with E-state index >= 15 is 0 Å². The largest absolute Gasteiger partial charge is 0.496 e. The summed E-state index contributed by atoms with van der Waals surface area (Å²) in [5, 5.41) is 3.39. The van der Waals surface area contributed by atoms with Crippen molar-refractivity contribution in [3.05, 3.63) is 90.5 Å². The zero-order chi connectivity index (χ0) is 26.4. The summed E-state index contributed by atoms with van der Waals surface area (Å²) in [7, 11) is 4.64. The Balaban J connectivity index is 1.51. The van der Waals surface area contributed by atoms with Gasteiger partial charge in [-0.15, -0.1) is 0 Å². The van der Waals surface area contributed by atoms with E-state index in [0.29, 0.717) is 34.2 Å². The number of benzene rings is 4. The maximum Gasteiger partial charge on any atom is 0.266 e. The Morgan fingerprint density at radius 2 is 1.37 bits per heavy atom. The fraction of sp³-hybridized carbons (Fsp3) is 0.200. The van der Waals surface area contributed by atoms with E-state index in [2.05, 4.69) is 0 Å². The molecular weight excluding hydrogens is 484 g/mol. The van der Waals surface area contributed by atoms with Crippen molar-refractivity contribution in [2.75, 3.05) is 31.3 Å². The number of rotatable bonds is 6. The lowest BCUT2D eigenvalue weighted by atomic mass is 9.89. The second-order valence-corrected chi connectivity index (χ2v) is 9.12. The third kappa shape index (κ3) is 3.56. The number of hydrogen-bond acceptors (Lipinski definition) is 7. The van der Waals surface area contributed by atoms with Gasteiger partial charge in [0, 0.05) is 17.0 Å². The summed E-state index contributed by atoms with van der Waals surface area (Å²) in [5.41, 5.74) is 1.89. The van der Waals surface area contributed by atoms with E-state index in [1.807, 2.05) is 66.7 Å². The van der Waals surface area contributed by atoms with Gasteiger partial charge in [-0.3, -0.25) is 14.4 Å². The molecule has 0 saturated carbocycles. The highest BCUT2D eigenvalue weighted by molar-refractivity contribution is 6.26. The summed E-state index contributed by atoms with van der Waals surface area (Å²) < 4.78 is 16.8. The molecule has 0 radical (unpaired) electrons. The molecule has 4 aromatic carbocycles. The van der Waals surface area contributed by atoms with Crippen molar-refractivity contribution in [2.45, 2.75) is 12.1 Å². The van der Waals surface area contributed by atoms with E-state index in [0.717, 1.165) is 10.8 Å². The van der Waals surface area contributed by atoms with E-state index in [9.17, 15) is 9.59 Å². The van der Waals surface area contributed by atoms with E-state index in [-0.39, 0.29) is 5.91 Å². The van der Waals surface area contributed by atoms with Gasteiger partial charge in [0.05, 0.1) is 32.7 Å². The zero-order valence-corrected chi connectivity index (χ0v) is 21.2. The fourth-order valence-electron chi connectivity index (χ4n) is 5.45. The molecule has 38 heavy (non-hydrogen) atoms. The SMILES string of the molecule is COc1cc(OC)c([C@@H]2[C@H]3C(=O)N(c4cccc5ccccc45)C(=O)[C@@H]3ON2c2ccccc2)cc1OC. The van der Waals surface area contributed by atoms with Crippen LogP contribution in [0.4, 0.5) is 11.4 Å². The number of nitrogens with zero attached hydrogens (tertiary/aromatic N) is 2. The van der Waals surface area contributed by atoms with Crippen LogP contribution >= 0.6 is 0 Å². The molecule has 2 aliphatic rings. The number of imide groups is 1. The fourth-order valence-corrected chi connectivity index (χ4v) is 5.45. The number of anilines is 2. The lowest BCUT2D eigenvalue weighted by Gasteiger charge is -2.30. The van der Waals surface area contributed by atoms with Gasteiger partial charge < -0.3 is 14.2 Å². The molecule has 2 saturated heterocycles. The van der Waals surface area contributed by atoms with Crippen molar-refractivity contribution < 1.29 is 28.6 Å². The first-order valence-corrected chi connectivity index (χ1v) is 12.2. The average molecular weight is 511 g/mol. The third-order valence-electron chi connectivity index (χ3n) is 7.19. The maximum atomic E-state index is 14.2. The van der Waals surface area contributed by atoms with Crippen molar-refractivity contribution in [2.24, 2.45) is 5.92 Å². The molecule has 2 fully saturated rings. The highest BCUT2D eigenvalue weighted by Gasteiger charge is 2.61. The Kier molecular flexibility index (Phi) is 5.88. The molecule has 4 aromatic rings. The maximum absolute atomic E-state index is 14.2. The number of amides is 2. The summed E-state index contributed by atoms with van der Waals surface area (Å²) >= 11 is 0. The first-order valence-electron chi connectivity index (χ1n) is 12.2. The van der Waals surface area contributed by atoms with Crippen LogP contribution in [0.1, 0.15) is 11.6 Å². The molecular formula is C30H26N2O6. The quantitative estimate of drug-likeness (QED) is 0.341. The molecule has 0 bridgehead atoms. The minimum absolute atomic E-state index is 0.336. The highest BCUT2D eigenvalue weighted by Crippen LogP contribution is 2.51. The second kappa shape index (κ2) is 9.39. The smallest absolute Gasteiger partial charge is 0.266 e. The summed E-state index contributed by atoms with van der Waals surface area (Å²) in [5.74, 6) is -0.116. The third-order valence-corrected chi connectivity index (χ3v) is 7.19. The summed E-state index contributed by atoms with van der Waals surface area (Å²) in [6.45, 7) is 0. The van der Waals surface area contributed by atoms with Gasteiger partial charge in [0.15, 0.2) is 17.6 Å². The number of ether oxygens (including phenoxy) is 3. The first-order chi connectivity index (χ1) is 18.6. The van der Waals surface area contributed by atoms with Crippen molar-refractivity contribution in [1.29, 1.82) is 0 Å². The van der Waals surface area contributed by atoms with Crippen LogP contribution in [-0.4, -0.2) is 39.2 Å². The Bertz CT molecular complexity index is 1530. The first kappa shape index (κ1) is 23.8. The van der Waals surface area contributed by atoms with E-state index in [1.165, 1.54) is 4.90 Å². The topological polar surface area (TPSA) is 77.5 Å². The van der Waals surface area contributed by atoms with Crippen molar-refractivity contribution >= 4 is 34.0 Å². The Labute approximate surface area is 219 Å². The van der Waals surface area contributed by atoms with Gasteiger partial charge in [-0.1, -0.05) is 54.6 Å². The van der Waals surface area contributed by atoms with Gasteiger partial charge in [0.1, 0.15) is 17.7 Å². The van der Waals surface area contributed by atoms with Crippen LogP contribution in [0.15, 0.2) is 84.9 Å². The molecule has 2 heterocycles. The van der Waals surface area contributed by atoms with E-state index in [4.69, 9.17) is 19.0 Å². The lowest BCUT2D eigenvalue weighted by molar-refractivity contribution is -0.126. The van der Waals surface area contributed by atoms with Crippen LogP contribution in [0, 0.1) is 5.92 Å². The molecule has 0 spiro atoms. The molecule has 8 heteroatoms.